The topological polar surface area (TPSA) is 51.1 Å². The first-order chi connectivity index (χ1) is 12.0. The maximum Gasteiger partial charge on any atom is 0.257 e. The van der Waals surface area contributed by atoms with Gasteiger partial charge in [-0.15, -0.1) is 0 Å². The van der Waals surface area contributed by atoms with Crippen molar-refractivity contribution in [1.29, 1.82) is 0 Å². The zero-order chi connectivity index (χ0) is 18.0. The van der Waals surface area contributed by atoms with E-state index in [9.17, 15) is 14.0 Å². The van der Waals surface area contributed by atoms with Crippen LogP contribution in [0.15, 0.2) is 59.5 Å². The van der Waals surface area contributed by atoms with E-state index in [1.807, 2.05) is 23.6 Å². The zero-order valence-corrected chi connectivity index (χ0v) is 14.1. The van der Waals surface area contributed by atoms with Crippen molar-refractivity contribution in [3.63, 3.8) is 0 Å². The number of aromatic nitrogens is 1. The molecule has 0 radical (unpaired) electrons. The minimum absolute atomic E-state index is 0.106. The number of nitrogens with zero attached hydrogens (tertiary/aromatic N) is 1. The van der Waals surface area contributed by atoms with Crippen LogP contribution in [0.25, 0.3) is 10.9 Å². The van der Waals surface area contributed by atoms with E-state index in [2.05, 4.69) is 5.32 Å². The average molecular weight is 338 g/mol. The summed E-state index contributed by atoms with van der Waals surface area (Å²) in [6.07, 6.45) is 1.59. The molecular formula is C20H19FN2O2. The summed E-state index contributed by atoms with van der Waals surface area (Å²) < 4.78 is 14.9. The van der Waals surface area contributed by atoms with Crippen molar-refractivity contribution in [3.8, 4) is 0 Å². The summed E-state index contributed by atoms with van der Waals surface area (Å²) in [6, 6.07) is 12.8. The summed E-state index contributed by atoms with van der Waals surface area (Å²) in [5.41, 5.74) is 1.39. The highest BCUT2D eigenvalue weighted by Gasteiger charge is 2.17. The van der Waals surface area contributed by atoms with E-state index in [1.54, 1.807) is 37.4 Å². The van der Waals surface area contributed by atoms with E-state index in [1.165, 1.54) is 12.1 Å². The average Bonchev–Trinajstić information content (AvgIpc) is 2.62. The minimum atomic E-state index is -0.435. The van der Waals surface area contributed by atoms with Gasteiger partial charge in [-0.2, -0.15) is 0 Å². The molecule has 0 bridgehead atoms. The van der Waals surface area contributed by atoms with Crippen LogP contribution in [-0.4, -0.2) is 10.5 Å². The highest BCUT2D eigenvalue weighted by atomic mass is 19.1. The van der Waals surface area contributed by atoms with Gasteiger partial charge in [0.25, 0.3) is 5.91 Å². The molecule has 128 valence electrons. The fourth-order valence-corrected chi connectivity index (χ4v) is 2.88. The summed E-state index contributed by atoms with van der Waals surface area (Å²) >= 11 is 0. The molecule has 0 spiro atoms. The van der Waals surface area contributed by atoms with Crippen molar-refractivity contribution < 1.29 is 9.18 Å². The van der Waals surface area contributed by atoms with Crippen LogP contribution in [0.5, 0.6) is 0 Å². The lowest BCUT2D eigenvalue weighted by molar-refractivity contribution is 0.0938. The molecule has 1 unspecified atom stereocenters. The van der Waals surface area contributed by atoms with Crippen LogP contribution >= 0.6 is 0 Å². The maximum atomic E-state index is 13.0. The highest BCUT2D eigenvalue weighted by Crippen LogP contribution is 2.15. The summed E-state index contributed by atoms with van der Waals surface area (Å²) in [4.78, 5) is 25.3. The van der Waals surface area contributed by atoms with Crippen molar-refractivity contribution >= 4 is 16.8 Å². The second-order valence-electron chi connectivity index (χ2n) is 5.92. The summed E-state index contributed by atoms with van der Waals surface area (Å²) in [5.74, 6) is -0.766. The van der Waals surface area contributed by atoms with Gasteiger partial charge in [0.05, 0.1) is 11.6 Å². The van der Waals surface area contributed by atoms with Crippen LogP contribution in [0.1, 0.15) is 35.8 Å². The third kappa shape index (κ3) is 3.31. The molecule has 5 heteroatoms. The molecule has 3 aromatic rings. The number of nitrogens with one attached hydrogen (secondary N) is 1. The van der Waals surface area contributed by atoms with E-state index in [0.717, 1.165) is 11.1 Å². The van der Waals surface area contributed by atoms with Crippen molar-refractivity contribution in [3.05, 3.63) is 81.9 Å². The molecule has 1 N–H and O–H groups in total. The Hall–Kier alpha value is -2.95. The van der Waals surface area contributed by atoms with E-state index in [0.29, 0.717) is 11.9 Å². The SMILES string of the molecule is CCn1cc(C(=O)NC(C)c2ccc(F)cc2)c(=O)c2ccccc21. The van der Waals surface area contributed by atoms with Crippen molar-refractivity contribution in [2.45, 2.75) is 26.4 Å². The minimum Gasteiger partial charge on any atom is -0.347 e. The van der Waals surface area contributed by atoms with Crippen LogP contribution in [-0.2, 0) is 6.54 Å². The zero-order valence-electron chi connectivity index (χ0n) is 14.1. The number of hydrogen-bond acceptors (Lipinski definition) is 2. The van der Waals surface area contributed by atoms with Gasteiger partial charge in [-0.05, 0) is 43.7 Å². The second kappa shape index (κ2) is 6.89. The lowest BCUT2D eigenvalue weighted by Gasteiger charge is -2.16. The highest BCUT2D eigenvalue weighted by molar-refractivity contribution is 5.97. The van der Waals surface area contributed by atoms with Gasteiger partial charge in [0.15, 0.2) is 0 Å². The van der Waals surface area contributed by atoms with E-state index in [4.69, 9.17) is 0 Å². The maximum absolute atomic E-state index is 13.0. The Balaban J connectivity index is 1.95. The summed E-state index contributed by atoms with van der Waals surface area (Å²) in [6.45, 7) is 4.40. The lowest BCUT2D eigenvalue weighted by atomic mass is 10.1. The number of amides is 1. The van der Waals surface area contributed by atoms with Gasteiger partial charge in [-0.1, -0.05) is 24.3 Å². The van der Waals surface area contributed by atoms with Gasteiger partial charge in [0.2, 0.25) is 5.43 Å². The van der Waals surface area contributed by atoms with Crippen LogP contribution in [0, 0.1) is 5.82 Å². The number of rotatable bonds is 4. The van der Waals surface area contributed by atoms with Crippen molar-refractivity contribution in [2.24, 2.45) is 0 Å². The number of para-hydroxylation sites is 1. The molecule has 25 heavy (non-hydrogen) atoms. The molecule has 1 aromatic heterocycles. The van der Waals surface area contributed by atoms with Gasteiger partial charge in [0.1, 0.15) is 11.4 Å². The normalized spacial score (nSPS) is 12.1. The Morgan fingerprint density at radius 3 is 2.52 bits per heavy atom. The predicted molar refractivity (Wildman–Crippen MR) is 96.2 cm³/mol. The number of hydrogen-bond donors (Lipinski definition) is 1. The molecule has 2 aromatic carbocycles. The summed E-state index contributed by atoms with van der Waals surface area (Å²) in [7, 11) is 0. The number of carbonyl (C=O) groups is 1. The summed E-state index contributed by atoms with van der Waals surface area (Å²) in [5, 5.41) is 3.33. The lowest BCUT2D eigenvalue weighted by Crippen LogP contribution is -2.31. The molecule has 1 heterocycles. The Morgan fingerprint density at radius 1 is 1.16 bits per heavy atom. The fraction of sp³-hybridized carbons (Fsp3) is 0.200. The molecule has 0 aliphatic carbocycles. The van der Waals surface area contributed by atoms with Gasteiger partial charge >= 0.3 is 0 Å². The van der Waals surface area contributed by atoms with Gasteiger partial charge in [-0.3, -0.25) is 9.59 Å². The van der Waals surface area contributed by atoms with Crippen molar-refractivity contribution in [1.82, 2.24) is 9.88 Å². The van der Waals surface area contributed by atoms with Crippen LogP contribution in [0.2, 0.25) is 0 Å². The van der Waals surface area contributed by atoms with Gasteiger partial charge in [-0.25, -0.2) is 4.39 Å². The molecule has 1 amide bonds. The first kappa shape index (κ1) is 16.9. The fourth-order valence-electron chi connectivity index (χ4n) is 2.88. The van der Waals surface area contributed by atoms with Crippen LogP contribution in [0.3, 0.4) is 0 Å². The molecule has 0 saturated carbocycles. The molecule has 0 aliphatic rings. The van der Waals surface area contributed by atoms with E-state index < -0.39 is 5.91 Å². The molecular weight excluding hydrogens is 319 g/mol. The molecule has 0 saturated heterocycles. The first-order valence-electron chi connectivity index (χ1n) is 8.19. The molecule has 0 aliphatic heterocycles. The Bertz CT molecular complexity index is 977. The van der Waals surface area contributed by atoms with Crippen molar-refractivity contribution in [2.75, 3.05) is 0 Å². The molecule has 1 atom stereocenters. The Kier molecular flexibility index (Phi) is 4.65. The van der Waals surface area contributed by atoms with Gasteiger partial charge < -0.3 is 9.88 Å². The van der Waals surface area contributed by atoms with Crippen LogP contribution in [0.4, 0.5) is 4.39 Å². The Labute approximate surface area is 144 Å². The van der Waals surface area contributed by atoms with E-state index in [-0.39, 0.29) is 22.9 Å². The monoisotopic (exact) mass is 338 g/mol. The quantitative estimate of drug-likeness (QED) is 0.789. The third-order valence-electron chi connectivity index (χ3n) is 4.29. The molecule has 0 fully saturated rings. The first-order valence-corrected chi connectivity index (χ1v) is 8.19. The predicted octanol–water partition coefficient (Wildman–Crippen LogP) is 3.65. The van der Waals surface area contributed by atoms with Crippen LogP contribution < -0.4 is 10.7 Å². The number of benzene rings is 2. The number of carbonyl (C=O) groups excluding carboxylic acids is 1. The third-order valence-corrected chi connectivity index (χ3v) is 4.29. The number of aryl methyl sites for hydroxylation is 1. The van der Waals surface area contributed by atoms with Gasteiger partial charge in [0, 0.05) is 18.1 Å². The molecule has 4 nitrogen and oxygen atoms in total. The van der Waals surface area contributed by atoms with E-state index >= 15 is 0 Å². The number of fused-ring (bicyclic) bond motifs is 1. The largest absolute Gasteiger partial charge is 0.347 e. The molecule has 3 rings (SSSR count). The number of pyridine rings is 1. The smallest absolute Gasteiger partial charge is 0.257 e. The number of halogens is 1. The standard InChI is InChI=1S/C20H19FN2O2/c1-3-23-12-17(19(24)16-6-4-5-7-18(16)23)20(25)22-13(2)14-8-10-15(21)11-9-14/h4-13H,3H2,1-2H3,(H,22,25). The second-order valence-corrected chi connectivity index (χ2v) is 5.92. The Morgan fingerprint density at radius 2 is 1.84 bits per heavy atom.